The van der Waals surface area contributed by atoms with Gasteiger partial charge in [-0.15, -0.1) is 0 Å². The van der Waals surface area contributed by atoms with Crippen molar-refractivity contribution >= 4 is 9.84 Å². The van der Waals surface area contributed by atoms with Crippen molar-refractivity contribution in [2.75, 3.05) is 13.2 Å². The molecule has 5 heteroatoms. The minimum absolute atomic E-state index is 0.190. The van der Waals surface area contributed by atoms with Crippen LogP contribution in [0.15, 0.2) is 29.2 Å². The molecule has 19 heavy (non-hydrogen) atoms. The Balaban J connectivity index is 2.23. The number of benzene rings is 1. The summed E-state index contributed by atoms with van der Waals surface area (Å²) >= 11 is 0. The third-order valence-electron chi connectivity index (χ3n) is 3.52. The van der Waals surface area contributed by atoms with Crippen molar-refractivity contribution in [2.45, 2.75) is 30.4 Å². The predicted molar refractivity (Wildman–Crippen MR) is 71.3 cm³/mol. The maximum Gasteiger partial charge on any atom is 0.182 e. The maximum atomic E-state index is 12.4. The van der Waals surface area contributed by atoms with Crippen LogP contribution in [-0.4, -0.2) is 26.9 Å². The minimum Gasteiger partial charge on any atom is -0.380 e. The molecular formula is C14H17NO3S. The standard InChI is InChI=1S/C14H17NO3S/c1-3-18-10-14(9-15)8-13(14)19(16,17)12-6-4-11(2)5-7-12/h4-7,13H,3,8,10H2,1-2H3. The Morgan fingerprint density at radius 3 is 2.58 bits per heavy atom. The zero-order valence-electron chi connectivity index (χ0n) is 11.1. The predicted octanol–water partition coefficient (Wildman–Crippen LogP) is 2.09. The average Bonchev–Trinajstić information content (AvgIpc) is 3.13. The fraction of sp³-hybridized carbons (Fsp3) is 0.500. The van der Waals surface area contributed by atoms with E-state index in [0.29, 0.717) is 13.0 Å². The molecule has 0 aromatic heterocycles. The summed E-state index contributed by atoms with van der Waals surface area (Å²) in [4.78, 5) is 0.289. The first-order valence-electron chi connectivity index (χ1n) is 6.26. The molecule has 1 fully saturated rings. The minimum atomic E-state index is -3.44. The van der Waals surface area contributed by atoms with Crippen LogP contribution in [0, 0.1) is 23.7 Å². The molecule has 1 aromatic rings. The molecule has 1 aliphatic carbocycles. The van der Waals surface area contributed by atoms with Crippen LogP contribution in [0.3, 0.4) is 0 Å². The van der Waals surface area contributed by atoms with Gasteiger partial charge in [0.2, 0.25) is 0 Å². The molecule has 2 atom stereocenters. The second-order valence-corrected chi connectivity index (χ2v) is 7.09. The van der Waals surface area contributed by atoms with E-state index < -0.39 is 20.5 Å². The summed E-state index contributed by atoms with van der Waals surface area (Å²) in [5, 5.41) is 8.57. The first-order chi connectivity index (χ1) is 8.96. The fourth-order valence-corrected chi connectivity index (χ4v) is 4.23. The topological polar surface area (TPSA) is 67.2 Å². The van der Waals surface area contributed by atoms with Crippen LogP contribution in [0.4, 0.5) is 0 Å². The molecule has 0 N–H and O–H groups in total. The fourth-order valence-electron chi connectivity index (χ4n) is 2.16. The van der Waals surface area contributed by atoms with E-state index in [9.17, 15) is 13.7 Å². The summed E-state index contributed by atoms with van der Waals surface area (Å²) in [5.41, 5.74) is 0.148. The van der Waals surface area contributed by atoms with Crippen molar-refractivity contribution in [3.05, 3.63) is 29.8 Å². The van der Waals surface area contributed by atoms with Crippen LogP contribution in [0.2, 0.25) is 0 Å². The summed E-state index contributed by atoms with van der Waals surface area (Å²) < 4.78 is 30.1. The van der Waals surface area contributed by atoms with E-state index in [-0.39, 0.29) is 11.5 Å². The Labute approximate surface area is 113 Å². The Bertz CT molecular complexity index is 601. The molecule has 1 saturated carbocycles. The van der Waals surface area contributed by atoms with E-state index in [1.807, 2.05) is 13.8 Å². The number of nitrogens with zero attached hydrogens (tertiary/aromatic N) is 1. The van der Waals surface area contributed by atoms with Crippen LogP contribution >= 0.6 is 0 Å². The monoisotopic (exact) mass is 279 g/mol. The van der Waals surface area contributed by atoms with Gasteiger partial charge in [-0.1, -0.05) is 17.7 Å². The van der Waals surface area contributed by atoms with Crippen molar-refractivity contribution in [1.29, 1.82) is 5.26 Å². The third-order valence-corrected chi connectivity index (χ3v) is 5.81. The van der Waals surface area contributed by atoms with Gasteiger partial charge in [-0.2, -0.15) is 5.26 Å². The smallest absolute Gasteiger partial charge is 0.182 e. The van der Waals surface area contributed by atoms with Gasteiger partial charge in [0.05, 0.1) is 28.2 Å². The maximum absolute atomic E-state index is 12.4. The molecule has 0 saturated heterocycles. The van der Waals surface area contributed by atoms with E-state index in [2.05, 4.69) is 6.07 Å². The molecule has 0 bridgehead atoms. The first kappa shape index (κ1) is 14.0. The van der Waals surface area contributed by atoms with Crippen molar-refractivity contribution in [3.8, 4) is 6.07 Å². The van der Waals surface area contributed by atoms with E-state index >= 15 is 0 Å². The molecule has 1 aliphatic rings. The Morgan fingerprint density at radius 2 is 2.05 bits per heavy atom. The second-order valence-electron chi connectivity index (χ2n) is 4.96. The Kier molecular flexibility index (Phi) is 3.66. The van der Waals surface area contributed by atoms with E-state index in [0.717, 1.165) is 5.56 Å². The highest BCUT2D eigenvalue weighted by Gasteiger charge is 2.62. The van der Waals surface area contributed by atoms with E-state index in [1.165, 1.54) is 0 Å². The summed E-state index contributed by atoms with van der Waals surface area (Å²) in [6.07, 6.45) is 0.361. The lowest BCUT2D eigenvalue weighted by molar-refractivity contribution is 0.119. The van der Waals surface area contributed by atoms with Crippen molar-refractivity contribution in [3.63, 3.8) is 0 Å². The van der Waals surface area contributed by atoms with Gasteiger partial charge in [-0.3, -0.25) is 0 Å². The largest absolute Gasteiger partial charge is 0.380 e. The number of hydrogen-bond donors (Lipinski definition) is 0. The third kappa shape index (κ3) is 2.51. The number of rotatable bonds is 5. The van der Waals surface area contributed by atoms with E-state index in [4.69, 9.17) is 4.74 Å². The molecular weight excluding hydrogens is 262 g/mol. The molecule has 0 amide bonds. The average molecular weight is 279 g/mol. The number of ether oxygens (including phenoxy) is 1. The lowest BCUT2D eigenvalue weighted by Gasteiger charge is -2.09. The summed E-state index contributed by atoms with van der Waals surface area (Å²) in [6.45, 7) is 4.41. The quantitative estimate of drug-likeness (QED) is 0.827. The van der Waals surface area contributed by atoms with Gasteiger partial charge in [-0.25, -0.2) is 8.42 Å². The Hall–Kier alpha value is -1.38. The van der Waals surface area contributed by atoms with Gasteiger partial charge in [0.1, 0.15) is 0 Å². The van der Waals surface area contributed by atoms with Crippen LogP contribution in [0.5, 0.6) is 0 Å². The molecule has 2 rings (SSSR count). The van der Waals surface area contributed by atoms with Crippen LogP contribution in [-0.2, 0) is 14.6 Å². The van der Waals surface area contributed by atoms with Gasteiger partial charge >= 0.3 is 0 Å². The van der Waals surface area contributed by atoms with Crippen LogP contribution < -0.4 is 0 Å². The van der Waals surface area contributed by atoms with Crippen molar-refractivity contribution < 1.29 is 13.2 Å². The lowest BCUT2D eigenvalue weighted by atomic mass is 10.1. The molecule has 0 heterocycles. The van der Waals surface area contributed by atoms with Gasteiger partial charge in [0, 0.05) is 6.61 Å². The molecule has 1 aromatic carbocycles. The molecule has 0 aliphatic heterocycles. The lowest BCUT2D eigenvalue weighted by Crippen LogP contribution is -2.19. The second kappa shape index (κ2) is 4.95. The summed E-state index contributed by atoms with van der Waals surface area (Å²) in [5.74, 6) is 0. The van der Waals surface area contributed by atoms with Gasteiger partial charge in [-0.05, 0) is 32.4 Å². The number of nitriles is 1. The highest BCUT2D eigenvalue weighted by molar-refractivity contribution is 7.92. The van der Waals surface area contributed by atoms with Crippen LogP contribution in [0.1, 0.15) is 18.9 Å². The zero-order valence-corrected chi connectivity index (χ0v) is 11.9. The molecule has 4 nitrogen and oxygen atoms in total. The number of aryl methyl sites for hydroxylation is 1. The number of hydrogen-bond acceptors (Lipinski definition) is 4. The van der Waals surface area contributed by atoms with Gasteiger partial charge in [0.25, 0.3) is 0 Å². The summed E-state index contributed by atoms with van der Waals surface area (Å²) in [6, 6.07) is 8.87. The van der Waals surface area contributed by atoms with Crippen LogP contribution in [0.25, 0.3) is 0 Å². The van der Waals surface area contributed by atoms with Gasteiger partial charge in [0.15, 0.2) is 9.84 Å². The normalized spacial score (nSPS) is 25.8. The van der Waals surface area contributed by atoms with Crippen molar-refractivity contribution in [2.24, 2.45) is 5.41 Å². The Morgan fingerprint density at radius 1 is 1.42 bits per heavy atom. The first-order valence-corrected chi connectivity index (χ1v) is 7.80. The SMILES string of the molecule is CCOCC1(C#N)CC1S(=O)(=O)c1ccc(C)cc1. The number of sulfone groups is 1. The van der Waals surface area contributed by atoms with Gasteiger partial charge < -0.3 is 4.74 Å². The van der Waals surface area contributed by atoms with E-state index in [1.54, 1.807) is 24.3 Å². The molecule has 0 spiro atoms. The van der Waals surface area contributed by atoms with Crippen molar-refractivity contribution in [1.82, 2.24) is 0 Å². The molecule has 2 unspecified atom stereocenters. The highest BCUT2D eigenvalue weighted by atomic mass is 32.2. The molecule has 0 radical (unpaired) electrons. The molecule has 102 valence electrons. The highest BCUT2D eigenvalue weighted by Crippen LogP contribution is 2.52. The summed E-state index contributed by atoms with van der Waals surface area (Å²) in [7, 11) is -3.44. The zero-order chi connectivity index (χ0) is 14.1.